The number of hydrogen-bond donors (Lipinski definition) is 2. The maximum Gasteiger partial charge on any atom is 0.323 e. The smallest absolute Gasteiger partial charge is 0.323 e. The zero-order valence-electron chi connectivity index (χ0n) is 5.13. The van der Waals surface area contributed by atoms with Crippen LogP contribution in [0.4, 0.5) is 0 Å². The summed E-state index contributed by atoms with van der Waals surface area (Å²) in [7, 11) is 0. The number of nitrogens with one attached hydrogen (secondary N) is 1. The molecule has 0 aromatic heterocycles. The molecule has 0 amide bonds. The van der Waals surface area contributed by atoms with Gasteiger partial charge in [-0.1, -0.05) is 0 Å². The van der Waals surface area contributed by atoms with Crippen LogP contribution >= 0.6 is 0 Å². The van der Waals surface area contributed by atoms with E-state index in [1.165, 1.54) is 0 Å². The third-order valence-corrected chi connectivity index (χ3v) is 1.38. The van der Waals surface area contributed by atoms with Gasteiger partial charge >= 0.3 is 5.97 Å². The van der Waals surface area contributed by atoms with Crippen molar-refractivity contribution in [2.45, 2.75) is 19.1 Å². The molecule has 0 aromatic rings. The first-order chi connectivity index (χ1) is 4.22. The second kappa shape index (κ2) is 2.33. The average Bonchev–Trinajstić information content (AvgIpc) is 2.13. The molecule has 1 saturated heterocycles. The van der Waals surface area contributed by atoms with Gasteiger partial charge in [0.1, 0.15) is 6.04 Å². The first kappa shape index (κ1) is 6.51. The lowest BCUT2D eigenvalue weighted by Crippen LogP contribution is -2.36. The highest BCUT2D eigenvalue weighted by Crippen LogP contribution is 2.04. The van der Waals surface area contributed by atoms with Crippen LogP contribution in [0.1, 0.15) is 6.92 Å². The summed E-state index contributed by atoms with van der Waals surface area (Å²) < 4.78 is 4.93. The number of carboxylic acids is 1. The molecule has 9 heavy (non-hydrogen) atoms. The van der Waals surface area contributed by atoms with E-state index >= 15 is 0 Å². The Labute approximate surface area is 52.8 Å². The summed E-state index contributed by atoms with van der Waals surface area (Å²) in [6.45, 7) is 2.08. The van der Waals surface area contributed by atoms with E-state index in [4.69, 9.17) is 9.84 Å². The molecule has 0 spiro atoms. The monoisotopic (exact) mass is 131 g/mol. The van der Waals surface area contributed by atoms with Crippen LogP contribution in [0, 0.1) is 0 Å². The largest absolute Gasteiger partial charge is 0.480 e. The maximum atomic E-state index is 10.3. The molecule has 0 aromatic carbocycles. The van der Waals surface area contributed by atoms with Crippen LogP contribution < -0.4 is 5.32 Å². The Morgan fingerprint density at radius 3 is 2.78 bits per heavy atom. The predicted molar refractivity (Wildman–Crippen MR) is 30.0 cm³/mol. The number of carboxylic acid groups (broad SMARTS) is 1. The van der Waals surface area contributed by atoms with Gasteiger partial charge in [-0.15, -0.1) is 0 Å². The molecule has 52 valence electrons. The molecule has 0 unspecified atom stereocenters. The highest BCUT2D eigenvalue weighted by Gasteiger charge is 2.29. The van der Waals surface area contributed by atoms with Gasteiger partial charge in [0.2, 0.25) is 0 Å². The summed E-state index contributed by atoms with van der Waals surface area (Å²) in [5.41, 5.74) is 0. The van der Waals surface area contributed by atoms with Crippen molar-refractivity contribution in [1.29, 1.82) is 0 Å². The van der Waals surface area contributed by atoms with E-state index in [2.05, 4.69) is 5.32 Å². The van der Waals surface area contributed by atoms with Crippen LogP contribution in [0.2, 0.25) is 0 Å². The van der Waals surface area contributed by atoms with E-state index < -0.39 is 12.0 Å². The lowest BCUT2D eigenvalue weighted by atomic mass is 10.2. The van der Waals surface area contributed by atoms with Gasteiger partial charge in [0.15, 0.2) is 0 Å². The molecule has 1 rings (SSSR count). The van der Waals surface area contributed by atoms with Gasteiger partial charge in [0.25, 0.3) is 0 Å². The third-order valence-electron chi connectivity index (χ3n) is 1.38. The van der Waals surface area contributed by atoms with Crippen molar-refractivity contribution < 1.29 is 14.6 Å². The topological polar surface area (TPSA) is 58.6 Å². The van der Waals surface area contributed by atoms with E-state index in [0.29, 0.717) is 6.73 Å². The summed E-state index contributed by atoms with van der Waals surface area (Å²) in [6, 6.07) is -0.523. The van der Waals surface area contributed by atoms with Crippen LogP contribution in [-0.2, 0) is 9.53 Å². The summed E-state index contributed by atoms with van der Waals surface area (Å²) in [6.07, 6.45) is -0.206. The number of ether oxygens (including phenoxy) is 1. The van der Waals surface area contributed by atoms with E-state index in [1.54, 1.807) is 6.92 Å². The molecule has 2 atom stereocenters. The van der Waals surface area contributed by atoms with E-state index in [-0.39, 0.29) is 6.10 Å². The van der Waals surface area contributed by atoms with Gasteiger partial charge in [0, 0.05) is 0 Å². The van der Waals surface area contributed by atoms with Crippen molar-refractivity contribution in [3.8, 4) is 0 Å². The van der Waals surface area contributed by atoms with E-state index in [9.17, 15) is 4.79 Å². The Morgan fingerprint density at radius 2 is 2.56 bits per heavy atom. The molecule has 1 fully saturated rings. The number of hydrogen-bond acceptors (Lipinski definition) is 3. The third kappa shape index (κ3) is 1.20. The summed E-state index contributed by atoms with van der Waals surface area (Å²) >= 11 is 0. The second-order valence-electron chi connectivity index (χ2n) is 2.04. The Hall–Kier alpha value is -0.610. The Kier molecular flexibility index (Phi) is 1.68. The van der Waals surface area contributed by atoms with Gasteiger partial charge in [-0.05, 0) is 6.92 Å². The Morgan fingerprint density at radius 1 is 1.89 bits per heavy atom. The SMILES string of the molecule is C[C@@H]1OCN[C@@H]1C(=O)O. The fourth-order valence-electron chi connectivity index (χ4n) is 0.820. The van der Waals surface area contributed by atoms with Gasteiger partial charge in [-0.3, -0.25) is 10.1 Å². The lowest BCUT2D eigenvalue weighted by molar-refractivity contribution is -0.140. The molecule has 0 bridgehead atoms. The lowest BCUT2D eigenvalue weighted by Gasteiger charge is -2.06. The molecule has 4 heteroatoms. The minimum Gasteiger partial charge on any atom is -0.480 e. The molecule has 0 radical (unpaired) electrons. The molecule has 1 aliphatic heterocycles. The van der Waals surface area contributed by atoms with Crippen molar-refractivity contribution >= 4 is 5.97 Å². The maximum absolute atomic E-state index is 10.3. The zero-order valence-corrected chi connectivity index (χ0v) is 5.13. The van der Waals surface area contributed by atoms with Crippen molar-refractivity contribution in [1.82, 2.24) is 5.32 Å². The molecule has 1 heterocycles. The van der Waals surface area contributed by atoms with Crippen LogP contribution in [0.5, 0.6) is 0 Å². The van der Waals surface area contributed by atoms with Crippen LogP contribution in [0.25, 0.3) is 0 Å². The number of aliphatic carboxylic acids is 1. The Balaban J connectivity index is 2.49. The van der Waals surface area contributed by atoms with Crippen LogP contribution in [0.3, 0.4) is 0 Å². The molecule has 4 nitrogen and oxygen atoms in total. The van der Waals surface area contributed by atoms with Crippen molar-refractivity contribution in [3.05, 3.63) is 0 Å². The molecule has 2 N–H and O–H groups in total. The van der Waals surface area contributed by atoms with E-state index in [0.717, 1.165) is 0 Å². The molecular formula is C5H9NO3. The van der Waals surface area contributed by atoms with Gasteiger partial charge in [0.05, 0.1) is 12.8 Å². The van der Waals surface area contributed by atoms with Crippen LogP contribution in [-0.4, -0.2) is 30.0 Å². The second-order valence-corrected chi connectivity index (χ2v) is 2.04. The molecule has 0 aliphatic carbocycles. The van der Waals surface area contributed by atoms with Gasteiger partial charge in [-0.2, -0.15) is 0 Å². The first-order valence-corrected chi connectivity index (χ1v) is 2.79. The normalized spacial score (nSPS) is 34.8. The first-order valence-electron chi connectivity index (χ1n) is 2.79. The summed E-state index contributed by atoms with van der Waals surface area (Å²) in [5.74, 6) is -0.847. The number of carbonyl (C=O) groups is 1. The minimum absolute atomic E-state index is 0.206. The zero-order chi connectivity index (χ0) is 6.85. The highest BCUT2D eigenvalue weighted by atomic mass is 16.5. The average molecular weight is 131 g/mol. The fourth-order valence-corrected chi connectivity index (χ4v) is 0.820. The Bertz CT molecular complexity index is 125. The quantitative estimate of drug-likeness (QED) is 0.499. The van der Waals surface area contributed by atoms with Crippen molar-refractivity contribution in [2.24, 2.45) is 0 Å². The van der Waals surface area contributed by atoms with Crippen LogP contribution in [0.15, 0.2) is 0 Å². The van der Waals surface area contributed by atoms with Gasteiger partial charge in [-0.25, -0.2) is 0 Å². The minimum atomic E-state index is -0.847. The highest BCUT2D eigenvalue weighted by molar-refractivity contribution is 5.74. The number of rotatable bonds is 1. The fraction of sp³-hybridized carbons (Fsp3) is 0.800. The van der Waals surface area contributed by atoms with Crippen molar-refractivity contribution in [3.63, 3.8) is 0 Å². The molecule has 1 aliphatic rings. The van der Waals surface area contributed by atoms with Gasteiger partial charge < -0.3 is 9.84 Å². The summed E-state index contributed by atoms with van der Waals surface area (Å²) in [4.78, 5) is 10.3. The standard InChI is InChI=1S/C5H9NO3/c1-3-4(5(7)8)6-2-9-3/h3-4,6H,2H2,1H3,(H,7,8)/t3-,4-/m0/s1. The predicted octanol–water partition coefficient (Wildman–Crippen LogP) is -0.595. The molecular weight excluding hydrogens is 122 g/mol. The van der Waals surface area contributed by atoms with Crippen molar-refractivity contribution in [2.75, 3.05) is 6.73 Å². The summed E-state index contributed by atoms with van der Waals surface area (Å²) in [5, 5.41) is 11.1. The molecule has 0 saturated carbocycles. The van der Waals surface area contributed by atoms with E-state index in [1.807, 2.05) is 0 Å².